The molecule has 0 atom stereocenters. The van der Waals surface area contributed by atoms with E-state index < -0.39 is 0 Å². The summed E-state index contributed by atoms with van der Waals surface area (Å²) in [6.45, 7) is 0. The monoisotopic (exact) mass is 370 g/mol. The van der Waals surface area contributed by atoms with Crippen LogP contribution in [0.25, 0.3) is 0 Å². The van der Waals surface area contributed by atoms with E-state index in [1.807, 2.05) is 97.0 Å². The maximum atomic E-state index is 12.6. The van der Waals surface area contributed by atoms with E-state index in [1.165, 1.54) is 0 Å². The van der Waals surface area contributed by atoms with Crippen LogP contribution in [0.3, 0.4) is 0 Å². The van der Waals surface area contributed by atoms with Crippen molar-refractivity contribution < 1.29 is 4.79 Å². The van der Waals surface area contributed by atoms with Gasteiger partial charge in [-0.05, 0) is 49.3 Å². The van der Waals surface area contributed by atoms with E-state index in [2.05, 4.69) is 24.3 Å². The van der Waals surface area contributed by atoms with Crippen LogP contribution in [0.15, 0.2) is 109 Å². The van der Waals surface area contributed by atoms with E-state index in [-0.39, 0.29) is 5.78 Å². The molecule has 1 saturated carbocycles. The van der Waals surface area contributed by atoms with Crippen LogP contribution in [0, 0.1) is 0 Å². The van der Waals surface area contributed by atoms with E-state index in [0.717, 1.165) is 35.4 Å². The summed E-state index contributed by atoms with van der Waals surface area (Å²) in [6, 6.07) is 20.3. The average molecular weight is 370 g/mol. The molecule has 3 rings (SSSR count). The molecule has 2 aromatic carbocycles. The lowest BCUT2D eigenvalue weighted by Gasteiger charge is -2.13. The lowest BCUT2D eigenvalue weighted by molar-refractivity contribution is -0.111. The third-order valence-electron chi connectivity index (χ3n) is 4.79. The maximum Gasteiger partial charge on any atom is 0.185 e. The van der Waals surface area contributed by atoms with E-state index >= 15 is 0 Å². The normalized spacial score (nSPS) is 17.3. The van der Waals surface area contributed by atoms with Crippen LogP contribution in [0.4, 0.5) is 11.4 Å². The number of nitrogens with zero attached hydrogens (tertiary/aromatic N) is 2. The molecular weight excluding hydrogens is 344 g/mol. The smallest absolute Gasteiger partial charge is 0.185 e. The Morgan fingerprint density at radius 3 is 1.46 bits per heavy atom. The predicted octanol–water partition coefficient (Wildman–Crippen LogP) is 5.50. The number of carbonyl (C=O) groups is 1. The molecule has 28 heavy (non-hydrogen) atoms. The van der Waals surface area contributed by atoms with Crippen molar-refractivity contribution >= 4 is 17.2 Å². The van der Waals surface area contributed by atoms with Crippen molar-refractivity contribution in [2.24, 2.45) is 0 Å². The summed E-state index contributed by atoms with van der Waals surface area (Å²) >= 11 is 0. The van der Waals surface area contributed by atoms with Gasteiger partial charge < -0.3 is 9.80 Å². The lowest BCUT2D eigenvalue weighted by atomic mass is 10.1. The first-order chi connectivity index (χ1) is 13.6. The van der Waals surface area contributed by atoms with Gasteiger partial charge in [0.15, 0.2) is 5.78 Å². The first kappa shape index (κ1) is 19.4. The summed E-state index contributed by atoms with van der Waals surface area (Å²) in [6.07, 6.45) is 13.3. The maximum absolute atomic E-state index is 12.6. The van der Waals surface area contributed by atoms with Crippen LogP contribution in [-0.4, -0.2) is 19.9 Å². The van der Waals surface area contributed by atoms with Gasteiger partial charge >= 0.3 is 0 Å². The van der Waals surface area contributed by atoms with Gasteiger partial charge in [0.1, 0.15) is 0 Å². The highest BCUT2D eigenvalue weighted by atomic mass is 16.1. The van der Waals surface area contributed by atoms with Crippen molar-refractivity contribution in [2.75, 3.05) is 23.9 Å². The molecule has 0 aliphatic heterocycles. The zero-order chi connectivity index (χ0) is 19.8. The molecule has 0 aromatic heterocycles. The summed E-state index contributed by atoms with van der Waals surface area (Å²) < 4.78 is 0. The van der Waals surface area contributed by atoms with Crippen LogP contribution in [0.1, 0.15) is 12.8 Å². The third-order valence-corrected chi connectivity index (χ3v) is 4.79. The fraction of sp³-hybridized carbons (Fsp3) is 0.160. The zero-order valence-electron chi connectivity index (χ0n) is 16.5. The number of ketones is 1. The Kier molecular flexibility index (Phi) is 6.64. The predicted molar refractivity (Wildman–Crippen MR) is 118 cm³/mol. The highest BCUT2D eigenvalue weighted by Crippen LogP contribution is 2.26. The Morgan fingerprint density at radius 2 is 1.07 bits per heavy atom. The third kappa shape index (κ3) is 5.10. The van der Waals surface area contributed by atoms with Gasteiger partial charge in [0.2, 0.25) is 0 Å². The molecule has 0 N–H and O–H groups in total. The molecule has 0 unspecified atom stereocenters. The van der Waals surface area contributed by atoms with E-state index in [9.17, 15) is 4.79 Å². The minimum absolute atomic E-state index is 0.152. The molecule has 0 saturated heterocycles. The number of benzene rings is 2. The minimum Gasteiger partial charge on any atom is -0.351 e. The molecule has 0 bridgehead atoms. The first-order valence-corrected chi connectivity index (χ1v) is 9.50. The first-order valence-electron chi connectivity index (χ1n) is 9.50. The highest BCUT2D eigenvalue weighted by molar-refractivity contribution is 6.11. The quantitative estimate of drug-likeness (QED) is 0.627. The van der Waals surface area contributed by atoms with Crippen LogP contribution in [-0.2, 0) is 4.79 Å². The Balaban J connectivity index is 1.59. The summed E-state index contributed by atoms with van der Waals surface area (Å²) in [5.74, 6) is 0.152. The molecule has 0 amide bonds. The van der Waals surface area contributed by atoms with Gasteiger partial charge in [-0.25, -0.2) is 0 Å². The van der Waals surface area contributed by atoms with Crippen molar-refractivity contribution in [3.8, 4) is 0 Å². The van der Waals surface area contributed by atoms with Gasteiger partial charge in [-0.15, -0.1) is 0 Å². The highest BCUT2D eigenvalue weighted by Gasteiger charge is 2.21. The van der Waals surface area contributed by atoms with Gasteiger partial charge in [-0.3, -0.25) is 4.79 Å². The van der Waals surface area contributed by atoms with Gasteiger partial charge in [0, 0.05) is 49.0 Å². The fourth-order valence-electron chi connectivity index (χ4n) is 3.10. The van der Waals surface area contributed by atoms with Crippen molar-refractivity contribution in [1.29, 1.82) is 0 Å². The molecule has 1 aliphatic carbocycles. The number of allylic oxidation sites excluding steroid dienone is 6. The Morgan fingerprint density at radius 1 is 0.679 bits per heavy atom. The van der Waals surface area contributed by atoms with Crippen molar-refractivity contribution in [2.45, 2.75) is 12.8 Å². The van der Waals surface area contributed by atoms with Crippen LogP contribution in [0.2, 0.25) is 0 Å². The number of hydrogen-bond donors (Lipinski definition) is 0. The molecule has 2 aromatic rings. The lowest BCUT2D eigenvalue weighted by Crippen LogP contribution is -2.07. The average Bonchev–Trinajstić information content (AvgIpc) is 3.09. The summed E-state index contributed by atoms with van der Waals surface area (Å²) in [4.78, 5) is 16.6. The largest absolute Gasteiger partial charge is 0.351 e. The molecule has 142 valence electrons. The van der Waals surface area contributed by atoms with Crippen LogP contribution < -0.4 is 9.80 Å². The SMILES string of the molecule is CN(C=CC=C1CCC(=CC=CN(C)c2ccccc2)C1=O)c1ccccc1. The molecule has 1 fully saturated rings. The number of carbonyl (C=O) groups excluding carboxylic acids is 1. The number of anilines is 2. The van der Waals surface area contributed by atoms with Gasteiger partial charge in [-0.2, -0.15) is 0 Å². The van der Waals surface area contributed by atoms with E-state index in [0.29, 0.717) is 0 Å². The second-order valence-electron chi connectivity index (χ2n) is 6.79. The zero-order valence-corrected chi connectivity index (χ0v) is 16.5. The number of hydrogen-bond acceptors (Lipinski definition) is 3. The van der Waals surface area contributed by atoms with Crippen LogP contribution in [0.5, 0.6) is 0 Å². The van der Waals surface area contributed by atoms with Crippen LogP contribution >= 0.6 is 0 Å². The molecule has 1 aliphatic rings. The molecule has 0 spiro atoms. The number of Topliss-reactive ketones (excluding diaryl/α,β-unsaturated/α-hetero) is 1. The van der Waals surface area contributed by atoms with Crippen molar-refractivity contribution in [3.05, 3.63) is 109 Å². The fourth-order valence-corrected chi connectivity index (χ4v) is 3.10. The Hall–Kier alpha value is -3.33. The number of rotatable bonds is 6. The van der Waals surface area contributed by atoms with Gasteiger partial charge in [0.25, 0.3) is 0 Å². The number of para-hydroxylation sites is 2. The molecule has 3 heteroatoms. The summed E-state index contributed by atoms with van der Waals surface area (Å²) in [5.41, 5.74) is 3.97. The second kappa shape index (κ2) is 9.56. The van der Waals surface area contributed by atoms with Gasteiger partial charge in [0.05, 0.1) is 0 Å². The molecular formula is C25H26N2O. The Labute approximate surface area is 167 Å². The van der Waals surface area contributed by atoms with Gasteiger partial charge in [-0.1, -0.05) is 48.6 Å². The molecule has 0 radical (unpaired) electrons. The minimum atomic E-state index is 0.152. The van der Waals surface area contributed by atoms with E-state index in [4.69, 9.17) is 0 Å². The Bertz CT molecular complexity index is 833. The van der Waals surface area contributed by atoms with Crippen molar-refractivity contribution in [1.82, 2.24) is 0 Å². The standard InChI is InChI=1S/C25H26N2O/c1-26(23-13-5-3-6-14-23)19-9-11-21-17-18-22(25(21)28)12-10-20-27(2)24-15-7-4-8-16-24/h3-16,19-20H,17-18H2,1-2H3. The molecule has 3 nitrogen and oxygen atoms in total. The molecule has 0 heterocycles. The second-order valence-corrected chi connectivity index (χ2v) is 6.79. The summed E-state index contributed by atoms with van der Waals surface area (Å²) in [7, 11) is 4.00. The van der Waals surface area contributed by atoms with Crippen molar-refractivity contribution in [3.63, 3.8) is 0 Å². The summed E-state index contributed by atoms with van der Waals surface area (Å²) in [5, 5.41) is 0. The topological polar surface area (TPSA) is 23.6 Å². The van der Waals surface area contributed by atoms with E-state index in [1.54, 1.807) is 0 Å².